The van der Waals surface area contributed by atoms with Crippen molar-refractivity contribution in [1.29, 1.82) is 0 Å². The molecule has 0 unspecified atom stereocenters. The molecule has 0 saturated heterocycles. The lowest BCUT2D eigenvalue weighted by atomic mass is 9.88. The third kappa shape index (κ3) is 3.84. The number of fused-ring (bicyclic) bond motifs is 3. The summed E-state index contributed by atoms with van der Waals surface area (Å²) in [5, 5.41) is 6.65. The number of urea groups is 1. The van der Waals surface area contributed by atoms with Crippen molar-refractivity contribution < 1.29 is 22.7 Å². The zero-order valence-electron chi connectivity index (χ0n) is 18.6. The molecule has 0 saturated carbocycles. The molecule has 0 aromatic carbocycles. The van der Waals surface area contributed by atoms with Crippen LogP contribution in [0, 0.1) is 0 Å². The van der Waals surface area contributed by atoms with Gasteiger partial charge in [0.15, 0.2) is 10.8 Å². The second-order valence-corrected chi connectivity index (χ2v) is 9.91. The van der Waals surface area contributed by atoms with Gasteiger partial charge in [-0.2, -0.15) is 18.3 Å². The Morgan fingerprint density at radius 1 is 1.17 bits per heavy atom. The fourth-order valence-electron chi connectivity index (χ4n) is 4.06. The highest BCUT2D eigenvalue weighted by atomic mass is 35.5. The van der Waals surface area contributed by atoms with Gasteiger partial charge in [0.1, 0.15) is 16.7 Å². The number of alkyl halides is 3. The van der Waals surface area contributed by atoms with Crippen LogP contribution in [0.2, 0.25) is 10.2 Å². The smallest absolute Gasteiger partial charge is 0.401 e. The first-order valence-corrected chi connectivity index (χ1v) is 11.1. The Morgan fingerprint density at radius 3 is 2.54 bits per heavy atom. The van der Waals surface area contributed by atoms with Crippen LogP contribution in [-0.2, 0) is 10.2 Å². The van der Waals surface area contributed by atoms with E-state index in [1.807, 2.05) is 13.8 Å². The summed E-state index contributed by atoms with van der Waals surface area (Å²) in [6.07, 6.45) is -2.17. The number of pyridine rings is 1. The molecule has 14 heteroatoms. The number of nitrogens with one attached hydrogen (secondary N) is 1. The first-order valence-electron chi connectivity index (χ1n) is 10.4. The lowest BCUT2D eigenvalue weighted by Crippen LogP contribution is -2.46. The molecule has 2 amide bonds. The molecule has 0 radical (unpaired) electrons. The predicted octanol–water partition coefficient (Wildman–Crippen LogP) is 4.86. The SMILES string of the molecule is CC1(C)CN=C(c2ncc(NC(=O)N3C[C@@](C)(C(F)(F)F)c4c3cnc3cc(Cl)nn43)cc2Cl)O1. The Hall–Kier alpha value is -3.12. The van der Waals surface area contributed by atoms with E-state index in [0.717, 1.165) is 16.3 Å². The summed E-state index contributed by atoms with van der Waals surface area (Å²) in [6, 6.07) is 1.95. The fraction of sp³-hybridized carbons (Fsp3) is 0.381. The van der Waals surface area contributed by atoms with Crippen LogP contribution in [0.25, 0.3) is 5.65 Å². The van der Waals surface area contributed by atoms with Crippen molar-refractivity contribution in [2.75, 3.05) is 23.3 Å². The minimum absolute atomic E-state index is 0.0154. The van der Waals surface area contributed by atoms with E-state index in [9.17, 15) is 18.0 Å². The third-order valence-electron chi connectivity index (χ3n) is 5.86. The average molecular weight is 528 g/mol. The molecule has 0 spiro atoms. The summed E-state index contributed by atoms with van der Waals surface area (Å²) in [4.78, 5) is 26.7. The van der Waals surface area contributed by atoms with Gasteiger partial charge < -0.3 is 10.1 Å². The van der Waals surface area contributed by atoms with Crippen LogP contribution in [0.4, 0.5) is 29.3 Å². The molecule has 0 fully saturated rings. The van der Waals surface area contributed by atoms with Crippen LogP contribution >= 0.6 is 23.2 Å². The number of amides is 2. The van der Waals surface area contributed by atoms with Crippen molar-refractivity contribution in [3.8, 4) is 0 Å². The standard InChI is InChI=1S/C21H18Cl2F3N7O2/c1-19(2)8-29-17(35-19)15-11(22)4-10(6-28-15)30-18(34)32-9-20(3,21(24,25)26)16-12(32)7-27-14-5-13(23)31-33(14)16/h4-7H,8-9H2,1-3H3,(H,30,34)/t20-/m1/s1. The molecule has 2 aliphatic heterocycles. The highest BCUT2D eigenvalue weighted by Gasteiger charge is 2.60. The number of anilines is 2. The molecule has 3 aromatic heterocycles. The van der Waals surface area contributed by atoms with E-state index in [2.05, 4.69) is 25.4 Å². The average Bonchev–Trinajstić information content (AvgIpc) is 3.40. The first-order chi connectivity index (χ1) is 16.3. The zero-order chi connectivity index (χ0) is 25.3. The fourth-order valence-corrected chi connectivity index (χ4v) is 4.48. The van der Waals surface area contributed by atoms with Crippen molar-refractivity contribution in [2.24, 2.45) is 4.99 Å². The quantitative estimate of drug-likeness (QED) is 0.513. The molecule has 0 aliphatic carbocycles. The Labute approximate surface area is 206 Å². The molecular formula is C21H18Cl2F3N7O2. The second kappa shape index (κ2) is 7.69. The van der Waals surface area contributed by atoms with Gasteiger partial charge in [0.2, 0.25) is 5.90 Å². The molecule has 9 nitrogen and oxygen atoms in total. The number of hydrogen-bond donors (Lipinski definition) is 1. The van der Waals surface area contributed by atoms with Gasteiger partial charge in [0.25, 0.3) is 0 Å². The number of nitrogens with zero attached hydrogens (tertiary/aromatic N) is 6. The van der Waals surface area contributed by atoms with Gasteiger partial charge in [-0.25, -0.2) is 24.3 Å². The second-order valence-electron chi connectivity index (χ2n) is 9.11. The molecule has 2 aliphatic rings. The summed E-state index contributed by atoms with van der Waals surface area (Å²) in [7, 11) is 0. The number of rotatable bonds is 2. The van der Waals surface area contributed by atoms with Gasteiger partial charge in [-0.1, -0.05) is 23.2 Å². The van der Waals surface area contributed by atoms with E-state index < -0.39 is 29.8 Å². The highest BCUT2D eigenvalue weighted by molar-refractivity contribution is 6.34. The van der Waals surface area contributed by atoms with Crippen molar-refractivity contribution >= 4 is 52.2 Å². The van der Waals surface area contributed by atoms with Crippen molar-refractivity contribution in [1.82, 2.24) is 19.6 Å². The maximum Gasteiger partial charge on any atom is 0.401 e. The Morgan fingerprint density at radius 2 is 1.91 bits per heavy atom. The van der Waals surface area contributed by atoms with Gasteiger partial charge in [-0.3, -0.25) is 4.90 Å². The monoisotopic (exact) mass is 527 g/mol. The van der Waals surface area contributed by atoms with Crippen LogP contribution in [0.15, 0.2) is 29.5 Å². The molecule has 1 N–H and O–H groups in total. The zero-order valence-corrected chi connectivity index (χ0v) is 20.1. The Balaban J connectivity index is 1.46. The largest absolute Gasteiger partial charge is 0.468 e. The van der Waals surface area contributed by atoms with Crippen molar-refractivity contribution in [3.05, 3.63) is 46.1 Å². The first kappa shape index (κ1) is 23.6. The minimum atomic E-state index is -4.69. The van der Waals surface area contributed by atoms with Gasteiger partial charge in [0.05, 0.1) is 41.0 Å². The maximum atomic E-state index is 14.2. The van der Waals surface area contributed by atoms with Gasteiger partial charge in [0, 0.05) is 12.6 Å². The van der Waals surface area contributed by atoms with E-state index in [1.54, 1.807) is 0 Å². The number of ether oxygens (including phenoxy) is 1. The van der Waals surface area contributed by atoms with Crippen LogP contribution in [0.5, 0.6) is 0 Å². The van der Waals surface area contributed by atoms with Gasteiger partial charge in [-0.15, -0.1) is 0 Å². The third-order valence-corrected chi connectivity index (χ3v) is 6.34. The van der Waals surface area contributed by atoms with Gasteiger partial charge >= 0.3 is 12.2 Å². The summed E-state index contributed by atoms with van der Waals surface area (Å²) >= 11 is 12.2. The summed E-state index contributed by atoms with van der Waals surface area (Å²) in [5.41, 5.74) is -2.56. The predicted molar refractivity (Wildman–Crippen MR) is 124 cm³/mol. The van der Waals surface area contributed by atoms with Crippen molar-refractivity contribution in [3.63, 3.8) is 0 Å². The van der Waals surface area contributed by atoms with Gasteiger partial charge in [-0.05, 0) is 26.8 Å². The maximum absolute atomic E-state index is 14.2. The van der Waals surface area contributed by atoms with E-state index in [0.29, 0.717) is 12.2 Å². The molecular weight excluding hydrogens is 510 g/mol. The molecule has 184 valence electrons. The normalized spacial score (nSPS) is 21.1. The number of carbonyl (C=O) groups is 1. The topological polar surface area (TPSA) is 97.0 Å². The lowest BCUT2D eigenvalue weighted by molar-refractivity contribution is -0.181. The molecule has 3 aromatic rings. The molecule has 0 bridgehead atoms. The lowest BCUT2D eigenvalue weighted by Gasteiger charge is -2.28. The number of carbonyl (C=O) groups excluding carboxylic acids is 1. The van der Waals surface area contributed by atoms with E-state index in [1.165, 1.54) is 24.5 Å². The van der Waals surface area contributed by atoms with Crippen LogP contribution in [0.3, 0.4) is 0 Å². The minimum Gasteiger partial charge on any atom is -0.468 e. The Bertz CT molecular complexity index is 1410. The number of aliphatic imine (C=N–C) groups is 1. The van der Waals surface area contributed by atoms with E-state index >= 15 is 0 Å². The summed E-state index contributed by atoms with van der Waals surface area (Å²) < 4.78 is 49.4. The summed E-state index contributed by atoms with van der Waals surface area (Å²) in [6.45, 7) is 4.50. The summed E-state index contributed by atoms with van der Waals surface area (Å²) in [5.74, 6) is 0.278. The van der Waals surface area contributed by atoms with Crippen molar-refractivity contribution in [2.45, 2.75) is 38.0 Å². The number of aromatic nitrogens is 4. The number of hydrogen-bond acceptors (Lipinski definition) is 6. The van der Waals surface area contributed by atoms with Crippen LogP contribution in [-0.4, -0.2) is 56.4 Å². The molecule has 5 rings (SSSR count). The van der Waals surface area contributed by atoms with E-state index in [-0.39, 0.29) is 38.8 Å². The van der Waals surface area contributed by atoms with Crippen LogP contribution in [0.1, 0.15) is 32.2 Å². The molecule has 1 atom stereocenters. The molecule has 35 heavy (non-hydrogen) atoms. The van der Waals surface area contributed by atoms with E-state index in [4.69, 9.17) is 27.9 Å². The molecule has 5 heterocycles. The number of halogens is 5. The van der Waals surface area contributed by atoms with Crippen LogP contribution < -0.4 is 10.2 Å². The Kier molecular flexibility index (Phi) is 5.19. The highest BCUT2D eigenvalue weighted by Crippen LogP contribution is 2.50.